The van der Waals surface area contributed by atoms with Crippen LogP contribution in [0.2, 0.25) is 0 Å². The Labute approximate surface area is 115 Å². The Morgan fingerprint density at radius 1 is 1.19 bits per heavy atom. The molecule has 2 aromatic rings. The molecule has 1 aromatic heterocycles. The Bertz CT molecular complexity index is 711. The number of carboxylic acid groups (broad SMARTS) is 1. The van der Waals surface area contributed by atoms with E-state index in [1.165, 1.54) is 6.92 Å². The SMILES string of the molecule is Cc1nc(Nc2c(F)c(F)cc(F)c2F)ncc1C(=O)O. The molecule has 2 rings (SSSR count). The van der Waals surface area contributed by atoms with Gasteiger partial charge in [-0.15, -0.1) is 0 Å². The Kier molecular flexibility index (Phi) is 3.74. The third kappa shape index (κ3) is 2.76. The van der Waals surface area contributed by atoms with Crippen molar-refractivity contribution < 1.29 is 27.5 Å². The van der Waals surface area contributed by atoms with E-state index in [2.05, 4.69) is 9.97 Å². The number of halogens is 4. The van der Waals surface area contributed by atoms with Gasteiger partial charge in [-0.05, 0) is 6.92 Å². The predicted molar refractivity (Wildman–Crippen MR) is 63.3 cm³/mol. The summed E-state index contributed by atoms with van der Waals surface area (Å²) in [5, 5.41) is 10.8. The number of carbonyl (C=O) groups is 1. The zero-order valence-electron chi connectivity index (χ0n) is 10.4. The highest BCUT2D eigenvalue weighted by molar-refractivity contribution is 5.88. The molecule has 2 N–H and O–H groups in total. The molecule has 0 saturated heterocycles. The fourth-order valence-corrected chi connectivity index (χ4v) is 1.53. The molecule has 0 saturated carbocycles. The van der Waals surface area contributed by atoms with E-state index in [4.69, 9.17) is 5.11 Å². The van der Waals surface area contributed by atoms with Gasteiger partial charge in [0, 0.05) is 12.3 Å². The van der Waals surface area contributed by atoms with Crippen LogP contribution in [0.5, 0.6) is 0 Å². The maximum atomic E-state index is 13.4. The molecule has 0 fully saturated rings. The smallest absolute Gasteiger partial charge is 0.339 e. The molecule has 0 atom stereocenters. The average molecular weight is 301 g/mol. The van der Waals surface area contributed by atoms with E-state index in [0.29, 0.717) is 0 Å². The van der Waals surface area contributed by atoms with Gasteiger partial charge < -0.3 is 10.4 Å². The number of carboxylic acids is 1. The summed E-state index contributed by atoms with van der Waals surface area (Å²) in [6, 6.07) is 0.0650. The van der Waals surface area contributed by atoms with Gasteiger partial charge in [0.2, 0.25) is 5.95 Å². The highest BCUT2D eigenvalue weighted by Gasteiger charge is 2.20. The van der Waals surface area contributed by atoms with Gasteiger partial charge >= 0.3 is 5.97 Å². The molecule has 0 amide bonds. The number of rotatable bonds is 3. The summed E-state index contributed by atoms with van der Waals surface area (Å²) in [5.74, 6) is -8.14. The number of nitrogens with zero attached hydrogens (tertiary/aromatic N) is 2. The summed E-state index contributed by atoms with van der Waals surface area (Å²) in [6.45, 7) is 1.33. The van der Waals surface area contributed by atoms with Crippen molar-refractivity contribution in [2.75, 3.05) is 5.32 Å². The molecule has 0 unspecified atom stereocenters. The Morgan fingerprint density at radius 3 is 2.24 bits per heavy atom. The molecule has 21 heavy (non-hydrogen) atoms. The first-order valence-corrected chi connectivity index (χ1v) is 5.48. The summed E-state index contributed by atoms with van der Waals surface area (Å²) in [5.41, 5.74) is -1.31. The third-order valence-corrected chi connectivity index (χ3v) is 2.56. The zero-order valence-corrected chi connectivity index (χ0v) is 10.4. The van der Waals surface area contributed by atoms with Gasteiger partial charge in [0.25, 0.3) is 0 Å². The summed E-state index contributed by atoms with van der Waals surface area (Å²) < 4.78 is 52.9. The van der Waals surface area contributed by atoms with Crippen LogP contribution in [0.15, 0.2) is 12.3 Å². The minimum absolute atomic E-state index is 0.0118. The normalized spacial score (nSPS) is 10.5. The zero-order chi connectivity index (χ0) is 15.7. The van der Waals surface area contributed by atoms with Gasteiger partial charge in [-0.1, -0.05) is 0 Å². The van der Waals surface area contributed by atoms with Crippen LogP contribution in [-0.4, -0.2) is 21.0 Å². The fourth-order valence-electron chi connectivity index (χ4n) is 1.53. The number of anilines is 2. The van der Waals surface area contributed by atoms with Crippen LogP contribution < -0.4 is 5.32 Å². The first-order chi connectivity index (χ1) is 9.81. The number of aryl methyl sites for hydroxylation is 1. The van der Waals surface area contributed by atoms with Crippen molar-refractivity contribution in [3.05, 3.63) is 46.8 Å². The standard InChI is InChI=1S/C12H7F4N3O2/c1-4-5(11(20)21)3-17-12(18-4)19-10-8(15)6(13)2-7(14)9(10)16/h2-3H,1H3,(H,20,21)(H,17,18,19). The Hall–Kier alpha value is -2.71. The Balaban J connectivity index is 2.44. The largest absolute Gasteiger partial charge is 0.478 e. The summed E-state index contributed by atoms with van der Waals surface area (Å²) in [6.07, 6.45) is 0.901. The lowest BCUT2D eigenvalue weighted by molar-refractivity contribution is 0.0695. The number of aromatic carboxylic acids is 1. The Morgan fingerprint density at radius 2 is 1.76 bits per heavy atom. The van der Waals surface area contributed by atoms with E-state index in [-0.39, 0.29) is 17.3 Å². The molecule has 110 valence electrons. The van der Waals surface area contributed by atoms with Crippen LogP contribution >= 0.6 is 0 Å². The molecule has 0 aliphatic carbocycles. The lowest BCUT2D eigenvalue weighted by Gasteiger charge is -2.09. The van der Waals surface area contributed by atoms with E-state index < -0.39 is 40.9 Å². The summed E-state index contributed by atoms with van der Waals surface area (Å²) >= 11 is 0. The second-order valence-corrected chi connectivity index (χ2v) is 3.97. The van der Waals surface area contributed by atoms with Crippen LogP contribution in [0.4, 0.5) is 29.2 Å². The minimum Gasteiger partial charge on any atom is -0.478 e. The monoisotopic (exact) mass is 301 g/mol. The topological polar surface area (TPSA) is 75.1 Å². The van der Waals surface area contributed by atoms with Crippen molar-refractivity contribution in [1.29, 1.82) is 0 Å². The van der Waals surface area contributed by atoms with Crippen molar-refractivity contribution in [2.45, 2.75) is 6.92 Å². The lowest BCUT2D eigenvalue weighted by atomic mass is 10.2. The van der Waals surface area contributed by atoms with Crippen LogP contribution in [0.1, 0.15) is 16.1 Å². The van der Waals surface area contributed by atoms with Crippen molar-refractivity contribution in [1.82, 2.24) is 9.97 Å². The highest BCUT2D eigenvalue weighted by Crippen LogP contribution is 2.26. The van der Waals surface area contributed by atoms with Gasteiger partial charge in [-0.25, -0.2) is 32.3 Å². The first kappa shape index (κ1) is 14.7. The molecular weight excluding hydrogens is 294 g/mol. The van der Waals surface area contributed by atoms with E-state index in [1.807, 2.05) is 5.32 Å². The number of hydrogen-bond donors (Lipinski definition) is 2. The predicted octanol–water partition coefficient (Wildman–Crippen LogP) is 2.78. The third-order valence-electron chi connectivity index (χ3n) is 2.56. The second-order valence-electron chi connectivity index (χ2n) is 3.97. The average Bonchev–Trinajstić information content (AvgIpc) is 2.41. The molecule has 0 aliphatic rings. The molecule has 9 heteroatoms. The number of benzene rings is 1. The van der Waals surface area contributed by atoms with E-state index in [1.54, 1.807) is 0 Å². The molecule has 0 bridgehead atoms. The van der Waals surface area contributed by atoms with Crippen LogP contribution in [0.25, 0.3) is 0 Å². The summed E-state index contributed by atoms with van der Waals surface area (Å²) in [4.78, 5) is 17.9. The van der Waals surface area contributed by atoms with Gasteiger partial charge in [0.15, 0.2) is 23.3 Å². The van der Waals surface area contributed by atoms with E-state index in [0.717, 1.165) is 6.20 Å². The first-order valence-electron chi connectivity index (χ1n) is 5.48. The van der Waals surface area contributed by atoms with Crippen molar-refractivity contribution in [3.8, 4) is 0 Å². The molecular formula is C12H7F4N3O2. The van der Waals surface area contributed by atoms with Crippen molar-refractivity contribution in [2.24, 2.45) is 0 Å². The summed E-state index contributed by atoms with van der Waals surface area (Å²) in [7, 11) is 0. The van der Waals surface area contributed by atoms with Crippen molar-refractivity contribution >= 4 is 17.6 Å². The van der Waals surface area contributed by atoms with E-state index in [9.17, 15) is 22.4 Å². The minimum atomic E-state index is -1.64. The number of aromatic nitrogens is 2. The molecule has 0 radical (unpaired) electrons. The molecule has 1 heterocycles. The number of nitrogens with one attached hydrogen (secondary N) is 1. The fraction of sp³-hybridized carbons (Fsp3) is 0.0833. The quantitative estimate of drug-likeness (QED) is 0.673. The maximum Gasteiger partial charge on any atom is 0.339 e. The molecule has 0 spiro atoms. The highest BCUT2D eigenvalue weighted by atomic mass is 19.2. The second kappa shape index (κ2) is 5.35. The molecule has 1 aromatic carbocycles. The molecule has 5 nitrogen and oxygen atoms in total. The van der Waals surface area contributed by atoms with Crippen molar-refractivity contribution in [3.63, 3.8) is 0 Å². The lowest BCUT2D eigenvalue weighted by Crippen LogP contribution is -2.09. The van der Waals surface area contributed by atoms with Crippen LogP contribution in [0, 0.1) is 30.2 Å². The maximum absolute atomic E-state index is 13.4. The number of hydrogen-bond acceptors (Lipinski definition) is 4. The molecule has 0 aliphatic heterocycles. The van der Waals surface area contributed by atoms with Crippen LogP contribution in [0.3, 0.4) is 0 Å². The van der Waals surface area contributed by atoms with Gasteiger partial charge in [0.05, 0.1) is 11.3 Å². The van der Waals surface area contributed by atoms with Gasteiger partial charge in [-0.3, -0.25) is 0 Å². The van der Waals surface area contributed by atoms with Crippen LogP contribution in [-0.2, 0) is 0 Å². The van der Waals surface area contributed by atoms with E-state index >= 15 is 0 Å². The van der Waals surface area contributed by atoms with Gasteiger partial charge in [0.1, 0.15) is 5.69 Å². The van der Waals surface area contributed by atoms with Gasteiger partial charge in [-0.2, -0.15) is 0 Å².